The molecule has 6 atom stereocenters. The molecule has 6 unspecified atom stereocenters. The topological polar surface area (TPSA) is 47.9 Å². The summed E-state index contributed by atoms with van der Waals surface area (Å²) in [5.41, 5.74) is -0.379. The molecule has 0 saturated carbocycles. The third kappa shape index (κ3) is 10.1. The van der Waals surface area contributed by atoms with Crippen molar-refractivity contribution in [2.75, 3.05) is 13.2 Å². The van der Waals surface area contributed by atoms with Crippen LogP contribution in [0.3, 0.4) is 0 Å². The van der Waals surface area contributed by atoms with Gasteiger partial charge in [-0.2, -0.15) is 0 Å². The van der Waals surface area contributed by atoms with Gasteiger partial charge in [0.05, 0.1) is 29.5 Å². The van der Waals surface area contributed by atoms with Gasteiger partial charge >= 0.3 is 0 Å². The number of hydrogen-bond acceptors (Lipinski definition) is 4. The first kappa shape index (κ1) is 30.8. The Morgan fingerprint density at radius 1 is 0.806 bits per heavy atom. The standard InChI is InChI=1S/C27H56O4/c1-12-22(6)29-19-17-25(8,9)27(11,15-4)31-23(7)20-24(13-2)26(10,14-3)30-18-16-21(5)28/h21-24,28H,12-20H2,1-11H3. The Balaban J connectivity index is 5.11. The molecule has 0 aromatic heterocycles. The summed E-state index contributed by atoms with van der Waals surface area (Å²) in [6.45, 7) is 25.5. The zero-order valence-electron chi connectivity index (χ0n) is 22.8. The molecular formula is C27H56O4. The zero-order chi connectivity index (χ0) is 24.3. The minimum Gasteiger partial charge on any atom is -0.393 e. The van der Waals surface area contributed by atoms with Gasteiger partial charge in [0, 0.05) is 13.2 Å². The molecule has 0 heterocycles. The van der Waals surface area contributed by atoms with Crippen LogP contribution in [0.1, 0.15) is 121 Å². The van der Waals surface area contributed by atoms with Crippen molar-refractivity contribution in [3.05, 3.63) is 0 Å². The van der Waals surface area contributed by atoms with Crippen molar-refractivity contribution in [2.45, 2.75) is 151 Å². The van der Waals surface area contributed by atoms with Crippen molar-refractivity contribution >= 4 is 0 Å². The van der Waals surface area contributed by atoms with E-state index in [1.54, 1.807) is 0 Å². The molecule has 4 heteroatoms. The maximum absolute atomic E-state index is 9.59. The van der Waals surface area contributed by atoms with E-state index in [-0.39, 0.29) is 28.8 Å². The average molecular weight is 445 g/mol. The first-order chi connectivity index (χ1) is 14.3. The molecular weight excluding hydrogens is 388 g/mol. The quantitative estimate of drug-likeness (QED) is 0.243. The normalized spacial score (nSPS) is 20.5. The van der Waals surface area contributed by atoms with Gasteiger partial charge in [0.1, 0.15) is 0 Å². The minimum absolute atomic E-state index is 0.0208. The highest BCUT2D eigenvalue weighted by Gasteiger charge is 2.42. The number of hydrogen-bond donors (Lipinski definition) is 1. The number of aliphatic hydroxyl groups excluding tert-OH is 1. The van der Waals surface area contributed by atoms with E-state index < -0.39 is 0 Å². The van der Waals surface area contributed by atoms with Gasteiger partial charge < -0.3 is 19.3 Å². The Morgan fingerprint density at radius 2 is 1.42 bits per heavy atom. The molecule has 1 N–H and O–H groups in total. The summed E-state index contributed by atoms with van der Waals surface area (Å²) in [4.78, 5) is 0. The molecule has 0 fully saturated rings. The lowest BCUT2D eigenvalue weighted by Gasteiger charge is -2.46. The summed E-state index contributed by atoms with van der Waals surface area (Å²) in [6.07, 6.45) is 6.83. The van der Waals surface area contributed by atoms with E-state index in [1.165, 1.54) is 0 Å². The fourth-order valence-electron chi connectivity index (χ4n) is 4.33. The summed E-state index contributed by atoms with van der Waals surface area (Å²) < 4.78 is 19.1. The second kappa shape index (κ2) is 14.2. The number of aliphatic hydroxyl groups is 1. The first-order valence-corrected chi connectivity index (χ1v) is 12.9. The molecule has 188 valence electrons. The summed E-state index contributed by atoms with van der Waals surface area (Å²) in [5, 5.41) is 9.59. The summed E-state index contributed by atoms with van der Waals surface area (Å²) in [7, 11) is 0. The van der Waals surface area contributed by atoms with Crippen LogP contribution in [0.4, 0.5) is 0 Å². The van der Waals surface area contributed by atoms with Crippen LogP contribution < -0.4 is 0 Å². The predicted molar refractivity (Wildman–Crippen MR) is 133 cm³/mol. The summed E-state index contributed by atoms with van der Waals surface area (Å²) in [5.74, 6) is 0.416. The van der Waals surface area contributed by atoms with Crippen molar-refractivity contribution in [3.8, 4) is 0 Å². The van der Waals surface area contributed by atoms with Crippen LogP contribution in [0.15, 0.2) is 0 Å². The highest BCUT2D eigenvalue weighted by Crippen LogP contribution is 2.42. The van der Waals surface area contributed by atoms with Crippen LogP contribution in [-0.4, -0.2) is 47.8 Å². The SMILES string of the molecule is CCC(C)OCCC(C)(C)C(C)(CC)OC(C)CC(CC)C(C)(CC)OCCC(C)O. The van der Waals surface area contributed by atoms with E-state index in [0.717, 1.165) is 45.1 Å². The van der Waals surface area contributed by atoms with Crippen molar-refractivity contribution in [1.29, 1.82) is 0 Å². The van der Waals surface area contributed by atoms with Gasteiger partial charge in [-0.1, -0.05) is 48.0 Å². The second-order valence-corrected chi connectivity index (χ2v) is 10.7. The van der Waals surface area contributed by atoms with Crippen molar-refractivity contribution < 1.29 is 19.3 Å². The van der Waals surface area contributed by atoms with Crippen LogP contribution in [0, 0.1) is 11.3 Å². The van der Waals surface area contributed by atoms with Gasteiger partial charge in [-0.3, -0.25) is 0 Å². The molecule has 4 nitrogen and oxygen atoms in total. The van der Waals surface area contributed by atoms with E-state index >= 15 is 0 Å². The van der Waals surface area contributed by atoms with Crippen LogP contribution in [-0.2, 0) is 14.2 Å². The Morgan fingerprint density at radius 3 is 1.87 bits per heavy atom. The van der Waals surface area contributed by atoms with Gasteiger partial charge in [0.25, 0.3) is 0 Å². The van der Waals surface area contributed by atoms with Crippen LogP contribution >= 0.6 is 0 Å². The number of ether oxygens (including phenoxy) is 3. The predicted octanol–water partition coefficient (Wildman–Crippen LogP) is 7.16. The van der Waals surface area contributed by atoms with Crippen LogP contribution in [0.25, 0.3) is 0 Å². The van der Waals surface area contributed by atoms with E-state index in [2.05, 4.69) is 69.2 Å². The molecule has 0 aromatic carbocycles. The third-order valence-electron chi connectivity index (χ3n) is 7.91. The van der Waals surface area contributed by atoms with Gasteiger partial charge in [-0.25, -0.2) is 0 Å². The molecule has 31 heavy (non-hydrogen) atoms. The van der Waals surface area contributed by atoms with Gasteiger partial charge in [-0.05, 0) is 84.5 Å². The zero-order valence-corrected chi connectivity index (χ0v) is 22.8. The smallest absolute Gasteiger partial charge is 0.0707 e. The average Bonchev–Trinajstić information content (AvgIpc) is 2.70. The molecule has 0 amide bonds. The Labute approximate surface area is 194 Å². The van der Waals surface area contributed by atoms with Crippen molar-refractivity contribution in [3.63, 3.8) is 0 Å². The fraction of sp³-hybridized carbons (Fsp3) is 1.00. The van der Waals surface area contributed by atoms with E-state index in [1.807, 2.05) is 6.92 Å². The second-order valence-electron chi connectivity index (χ2n) is 10.7. The molecule has 0 aromatic rings. The summed E-state index contributed by atoms with van der Waals surface area (Å²) >= 11 is 0. The molecule has 0 aliphatic carbocycles. The summed E-state index contributed by atoms with van der Waals surface area (Å²) in [6, 6.07) is 0. The number of rotatable bonds is 18. The lowest BCUT2D eigenvalue weighted by atomic mass is 9.71. The third-order valence-corrected chi connectivity index (χ3v) is 7.91. The molecule has 0 aliphatic rings. The van der Waals surface area contributed by atoms with Gasteiger partial charge in [0.2, 0.25) is 0 Å². The minimum atomic E-state index is -0.319. The fourth-order valence-corrected chi connectivity index (χ4v) is 4.33. The maximum atomic E-state index is 9.59. The van der Waals surface area contributed by atoms with Crippen LogP contribution in [0.2, 0.25) is 0 Å². The van der Waals surface area contributed by atoms with Gasteiger partial charge in [0.15, 0.2) is 0 Å². The molecule has 0 rings (SSSR count). The molecule has 0 aliphatic heterocycles. The van der Waals surface area contributed by atoms with Crippen molar-refractivity contribution in [2.24, 2.45) is 11.3 Å². The highest BCUT2D eigenvalue weighted by atomic mass is 16.5. The lowest BCUT2D eigenvalue weighted by Crippen LogP contribution is -2.48. The van der Waals surface area contributed by atoms with Crippen molar-refractivity contribution in [1.82, 2.24) is 0 Å². The Kier molecular flexibility index (Phi) is 14.1. The van der Waals surface area contributed by atoms with E-state index in [4.69, 9.17) is 14.2 Å². The monoisotopic (exact) mass is 444 g/mol. The van der Waals surface area contributed by atoms with E-state index in [0.29, 0.717) is 25.0 Å². The first-order valence-electron chi connectivity index (χ1n) is 12.9. The van der Waals surface area contributed by atoms with E-state index in [9.17, 15) is 5.11 Å². The largest absolute Gasteiger partial charge is 0.393 e. The highest BCUT2D eigenvalue weighted by molar-refractivity contribution is 4.92. The van der Waals surface area contributed by atoms with Crippen LogP contribution in [0.5, 0.6) is 0 Å². The lowest BCUT2D eigenvalue weighted by molar-refractivity contribution is -0.166. The maximum Gasteiger partial charge on any atom is 0.0707 e. The molecule has 0 radical (unpaired) electrons. The Hall–Kier alpha value is -0.160. The van der Waals surface area contributed by atoms with Gasteiger partial charge in [-0.15, -0.1) is 0 Å². The molecule has 0 spiro atoms. The Bertz CT molecular complexity index is 464. The molecule has 0 bridgehead atoms. The molecule has 0 saturated heterocycles.